The number of aliphatic imine (C=N–C) groups is 1. The minimum Gasteiger partial charge on any atom is -0.350 e. The van der Waals surface area contributed by atoms with Crippen molar-refractivity contribution in [3.63, 3.8) is 0 Å². The highest BCUT2D eigenvalue weighted by Crippen LogP contribution is 2.15. The highest BCUT2D eigenvalue weighted by atomic mass is 15.3. The molecule has 0 amide bonds. The van der Waals surface area contributed by atoms with Gasteiger partial charge in [-0.15, -0.1) is 10.2 Å². The van der Waals surface area contributed by atoms with Crippen LogP contribution in [0.15, 0.2) is 65.9 Å². The monoisotopic (exact) mass is 390 g/mol. The van der Waals surface area contributed by atoms with Gasteiger partial charge in [-0.25, -0.2) is 0 Å². The van der Waals surface area contributed by atoms with Crippen LogP contribution in [-0.2, 0) is 13.0 Å². The first-order valence-corrected chi connectivity index (χ1v) is 10.1. The van der Waals surface area contributed by atoms with Crippen LogP contribution in [0.2, 0.25) is 0 Å². The molecule has 152 valence electrons. The predicted octanol–water partition coefficient (Wildman–Crippen LogP) is 3.89. The number of aromatic nitrogens is 3. The van der Waals surface area contributed by atoms with Crippen LogP contribution in [0, 0.1) is 5.92 Å². The maximum atomic E-state index is 4.35. The quantitative estimate of drug-likeness (QED) is 0.474. The number of benzene rings is 2. The normalized spacial score (nSPS) is 12.8. The molecule has 1 aromatic heterocycles. The lowest BCUT2D eigenvalue weighted by atomic mass is 10.00. The Balaban J connectivity index is 1.59. The van der Waals surface area contributed by atoms with E-state index in [1.807, 2.05) is 34.9 Å². The van der Waals surface area contributed by atoms with E-state index in [-0.39, 0.29) is 6.04 Å². The van der Waals surface area contributed by atoms with Gasteiger partial charge in [-0.1, -0.05) is 56.3 Å². The molecule has 1 atom stereocenters. The molecule has 3 rings (SSSR count). The smallest absolute Gasteiger partial charge is 0.191 e. The summed E-state index contributed by atoms with van der Waals surface area (Å²) in [7, 11) is 1.77. The zero-order valence-corrected chi connectivity index (χ0v) is 17.6. The number of nitrogens with one attached hydrogen (secondary N) is 2. The molecule has 6 heteroatoms. The molecular weight excluding hydrogens is 360 g/mol. The summed E-state index contributed by atoms with van der Waals surface area (Å²) in [6.45, 7) is 7.14. The van der Waals surface area contributed by atoms with E-state index in [1.165, 1.54) is 11.1 Å². The van der Waals surface area contributed by atoms with Gasteiger partial charge < -0.3 is 10.6 Å². The molecule has 1 heterocycles. The molecule has 0 saturated heterocycles. The minimum atomic E-state index is 0.140. The van der Waals surface area contributed by atoms with Crippen molar-refractivity contribution < 1.29 is 0 Å². The second kappa shape index (κ2) is 9.87. The van der Waals surface area contributed by atoms with Crippen molar-refractivity contribution in [2.75, 3.05) is 7.05 Å². The largest absolute Gasteiger partial charge is 0.350 e. The van der Waals surface area contributed by atoms with E-state index >= 15 is 0 Å². The fraction of sp³-hybridized carbons (Fsp3) is 0.348. The molecule has 0 aliphatic rings. The molecule has 6 nitrogen and oxygen atoms in total. The highest BCUT2D eigenvalue weighted by molar-refractivity contribution is 5.80. The molecular formula is C23H30N6. The number of para-hydroxylation sites is 1. The summed E-state index contributed by atoms with van der Waals surface area (Å²) < 4.78 is 1.97. The Bertz CT molecular complexity index is 912. The number of nitrogens with zero attached hydrogens (tertiary/aromatic N) is 4. The molecule has 0 spiro atoms. The second-order valence-corrected chi connectivity index (χ2v) is 7.58. The van der Waals surface area contributed by atoms with Crippen molar-refractivity contribution in [2.24, 2.45) is 10.9 Å². The summed E-state index contributed by atoms with van der Waals surface area (Å²) in [6, 6.07) is 19.0. The lowest BCUT2D eigenvalue weighted by molar-refractivity contribution is 0.645. The van der Waals surface area contributed by atoms with Crippen molar-refractivity contribution in [3.8, 4) is 5.69 Å². The van der Waals surface area contributed by atoms with Crippen LogP contribution < -0.4 is 10.6 Å². The molecule has 0 saturated carbocycles. The van der Waals surface area contributed by atoms with Crippen LogP contribution in [-0.4, -0.2) is 27.8 Å². The summed E-state index contributed by atoms with van der Waals surface area (Å²) in [5.41, 5.74) is 3.64. The van der Waals surface area contributed by atoms with Crippen molar-refractivity contribution in [3.05, 3.63) is 77.9 Å². The lowest BCUT2D eigenvalue weighted by Gasteiger charge is -2.19. The maximum Gasteiger partial charge on any atom is 0.191 e. The Hall–Kier alpha value is -3.15. The standard InChI is InChI=1S/C23H30N6/c1-17(2)14-19-10-12-20(13-11-19)18(3)27-23(24-4)25-15-22-28-26-16-29(22)21-8-6-5-7-9-21/h5-13,16-18H,14-15H2,1-4H3,(H2,24,25,27). The number of rotatable bonds is 7. The number of guanidine groups is 1. The predicted molar refractivity (Wildman–Crippen MR) is 118 cm³/mol. The fourth-order valence-corrected chi connectivity index (χ4v) is 3.24. The van der Waals surface area contributed by atoms with E-state index in [0.29, 0.717) is 12.5 Å². The van der Waals surface area contributed by atoms with E-state index in [0.717, 1.165) is 23.9 Å². The lowest BCUT2D eigenvalue weighted by Crippen LogP contribution is -2.38. The molecule has 29 heavy (non-hydrogen) atoms. The van der Waals surface area contributed by atoms with Crippen molar-refractivity contribution in [1.29, 1.82) is 0 Å². The van der Waals surface area contributed by atoms with Gasteiger partial charge in [0.15, 0.2) is 11.8 Å². The van der Waals surface area contributed by atoms with Gasteiger partial charge in [0.2, 0.25) is 0 Å². The molecule has 2 aromatic carbocycles. The van der Waals surface area contributed by atoms with Gasteiger partial charge >= 0.3 is 0 Å². The zero-order valence-electron chi connectivity index (χ0n) is 17.6. The average molecular weight is 391 g/mol. The molecule has 0 radical (unpaired) electrons. The van der Waals surface area contributed by atoms with Gasteiger partial charge in [0.1, 0.15) is 6.33 Å². The number of hydrogen-bond donors (Lipinski definition) is 2. The van der Waals surface area contributed by atoms with Crippen LogP contribution in [0.3, 0.4) is 0 Å². The third kappa shape index (κ3) is 5.67. The van der Waals surface area contributed by atoms with E-state index < -0.39 is 0 Å². The van der Waals surface area contributed by atoms with Crippen LogP contribution in [0.5, 0.6) is 0 Å². The van der Waals surface area contributed by atoms with Gasteiger partial charge in [-0.05, 0) is 42.5 Å². The van der Waals surface area contributed by atoms with Gasteiger partial charge in [0.05, 0.1) is 12.6 Å². The molecule has 0 fully saturated rings. The highest BCUT2D eigenvalue weighted by Gasteiger charge is 2.11. The first kappa shape index (κ1) is 20.6. The van der Waals surface area contributed by atoms with Crippen molar-refractivity contribution in [2.45, 2.75) is 39.8 Å². The van der Waals surface area contributed by atoms with Crippen LogP contribution in [0.4, 0.5) is 0 Å². The summed E-state index contributed by atoms with van der Waals surface area (Å²) in [4.78, 5) is 4.35. The molecule has 0 aliphatic heterocycles. The van der Waals surface area contributed by atoms with E-state index in [9.17, 15) is 0 Å². The van der Waals surface area contributed by atoms with Crippen LogP contribution in [0.1, 0.15) is 43.8 Å². The van der Waals surface area contributed by atoms with E-state index in [2.05, 4.69) is 70.9 Å². The van der Waals surface area contributed by atoms with E-state index in [4.69, 9.17) is 0 Å². The minimum absolute atomic E-state index is 0.140. The molecule has 3 aromatic rings. The number of hydrogen-bond acceptors (Lipinski definition) is 3. The average Bonchev–Trinajstić information content (AvgIpc) is 3.20. The third-order valence-corrected chi connectivity index (χ3v) is 4.77. The topological polar surface area (TPSA) is 67.1 Å². The third-order valence-electron chi connectivity index (χ3n) is 4.77. The van der Waals surface area contributed by atoms with Crippen molar-refractivity contribution >= 4 is 5.96 Å². The first-order valence-electron chi connectivity index (χ1n) is 10.1. The summed E-state index contributed by atoms with van der Waals surface area (Å²) in [5.74, 6) is 2.22. The Morgan fingerprint density at radius 1 is 1.03 bits per heavy atom. The Kier molecular flexibility index (Phi) is 7.00. The Labute approximate surface area is 173 Å². The molecule has 0 aliphatic carbocycles. The summed E-state index contributed by atoms with van der Waals surface area (Å²) in [6.07, 6.45) is 2.83. The van der Waals surface area contributed by atoms with Gasteiger partial charge in [-0.3, -0.25) is 9.56 Å². The van der Waals surface area contributed by atoms with Crippen LogP contribution >= 0.6 is 0 Å². The molecule has 1 unspecified atom stereocenters. The first-order chi connectivity index (χ1) is 14.1. The molecule has 2 N–H and O–H groups in total. The van der Waals surface area contributed by atoms with Gasteiger partial charge in [0.25, 0.3) is 0 Å². The van der Waals surface area contributed by atoms with Crippen LogP contribution in [0.25, 0.3) is 5.69 Å². The SMILES string of the molecule is CN=C(NCc1nncn1-c1ccccc1)NC(C)c1ccc(CC(C)C)cc1. The maximum absolute atomic E-state index is 4.35. The fourth-order valence-electron chi connectivity index (χ4n) is 3.24. The summed E-state index contributed by atoms with van der Waals surface area (Å²) in [5, 5.41) is 15.1. The Morgan fingerprint density at radius 3 is 2.41 bits per heavy atom. The van der Waals surface area contributed by atoms with Crippen molar-refractivity contribution in [1.82, 2.24) is 25.4 Å². The Morgan fingerprint density at radius 2 is 1.76 bits per heavy atom. The zero-order chi connectivity index (χ0) is 20.6. The second-order valence-electron chi connectivity index (χ2n) is 7.58. The van der Waals surface area contributed by atoms with E-state index in [1.54, 1.807) is 13.4 Å². The van der Waals surface area contributed by atoms with Gasteiger partial charge in [0, 0.05) is 12.7 Å². The summed E-state index contributed by atoms with van der Waals surface area (Å²) >= 11 is 0. The van der Waals surface area contributed by atoms with Gasteiger partial charge in [-0.2, -0.15) is 0 Å². The molecule has 0 bridgehead atoms.